The average molecular weight is 290 g/mol. The van der Waals surface area contributed by atoms with Gasteiger partial charge in [0.05, 0.1) is 5.92 Å². The Balaban J connectivity index is 1.95. The summed E-state index contributed by atoms with van der Waals surface area (Å²) in [5, 5.41) is 12.0. The normalized spacial score (nSPS) is 21.3. The van der Waals surface area contributed by atoms with Crippen LogP contribution in [0.1, 0.15) is 31.4 Å². The first-order valence-corrected chi connectivity index (χ1v) is 7.38. The highest BCUT2D eigenvalue weighted by molar-refractivity contribution is 5.78. The van der Waals surface area contributed by atoms with Gasteiger partial charge in [-0.05, 0) is 30.9 Å². The Morgan fingerprint density at radius 1 is 1.33 bits per heavy atom. The second-order valence-corrected chi connectivity index (χ2v) is 5.45. The third-order valence-corrected chi connectivity index (χ3v) is 4.26. The number of amides is 2. The highest BCUT2D eigenvalue weighted by atomic mass is 16.4. The minimum atomic E-state index is -0.825. The van der Waals surface area contributed by atoms with Crippen molar-refractivity contribution in [3.8, 4) is 0 Å². The Hall–Kier alpha value is -2.04. The van der Waals surface area contributed by atoms with E-state index in [1.807, 2.05) is 18.2 Å². The van der Waals surface area contributed by atoms with Gasteiger partial charge in [-0.15, -0.1) is 0 Å². The zero-order valence-corrected chi connectivity index (χ0v) is 12.5. The van der Waals surface area contributed by atoms with Crippen LogP contribution in [-0.2, 0) is 17.8 Å². The summed E-state index contributed by atoms with van der Waals surface area (Å²) in [6.45, 7) is 4.86. The minimum Gasteiger partial charge on any atom is -0.481 e. The smallest absolute Gasteiger partial charge is 0.317 e. The topological polar surface area (TPSA) is 69.6 Å². The van der Waals surface area contributed by atoms with Crippen molar-refractivity contribution in [1.29, 1.82) is 0 Å². The second-order valence-electron chi connectivity index (χ2n) is 5.45. The molecule has 2 unspecified atom stereocenters. The first kappa shape index (κ1) is 15.4. The van der Waals surface area contributed by atoms with Gasteiger partial charge in [0.1, 0.15) is 0 Å². The van der Waals surface area contributed by atoms with Crippen molar-refractivity contribution in [3.63, 3.8) is 0 Å². The zero-order chi connectivity index (χ0) is 15.4. The van der Waals surface area contributed by atoms with E-state index in [0.29, 0.717) is 19.5 Å². The maximum absolute atomic E-state index is 12.2. The maximum atomic E-state index is 12.2. The number of nitrogens with zero attached hydrogens (tertiary/aromatic N) is 1. The van der Waals surface area contributed by atoms with Gasteiger partial charge in [0.2, 0.25) is 0 Å². The molecule has 1 heterocycles. The maximum Gasteiger partial charge on any atom is 0.317 e. The van der Waals surface area contributed by atoms with Crippen LogP contribution in [-0.4, -0.2) is 34.6 Å². The molecule has 0 radical (unpaired) electrons. The van der Waals surface area contributed by atoms with E-state index in [1.165, 1.54) is 5.56 Å². The van der Waals surface area contributed by atoms with Crippen LogP contribution in [0.25, 0.3) is 0 Å². The molecule has 1 aromatic rings. The van der Waals surface area contributed by atoms with Gasteiger partial charge in [-0.25, -0.2) is 4.79 Å². The van der Waals surface area contributed by atoms with Crippen LogP contribution in [0.2, 0.25) is 0 Å². The molecule has 0 aliphatic carbocycles. The van der Waals surface area contributed by atoms with Gasteiger partial charge < -0.3 is 15.3 Å². The number of carboxylic acid groups (broad SMARTS) is 1. The van der Waals surface area contributed by atoms with Gasteiger partial charge >= 0.3 is 12.0 Å². The predicted octanol–water partition coefficient (Wildman–Crippen LogP) is 2.25. The van der Waals surface area contributed by atoms with Gasteiger partial charge in [-0.1, -0.05) is 31.2 Å². The summed E-state index contributed by atoms with van der Waals surface area (Å²) < 4.78 is 0. The van der Waals surface area contributed by atoms with E-state index >= 15 is 0 Å². The largest absolute Gasteiger partial charge is 0.481 e. The molecular formula is C16H22N2O3. The lowest BCUT2D eigenvalue weighted by Crippen LogP contribution is -2.43. The molecular weight excluding hydrogens is 268 g/mol. The predicted molar refractivity (Wildman–Crippen MR) is 80.0 cm³/mol. The van der Waals surface area contributed by atoms with Crippen molar-refractivity contribution in [2.75, 3.05) is 6.54 Å². The van der Waals surface area contributed by atoms with Crippen LogP contribution in [0.3, 0.4) is 0 Å². The first-order chi connectivity index (χ1) is 10.0. The van der Waals surface area contributed by atoms with E-state index < -0.39 is 11.9 Å². The minimum absolute atomic E-state index is 0.183. The fourth-order valence-electron chi connectivity index (χ4n) is 2.90. The molecule has 0 saturated carbocycles. The van der Waals surface area contributed by atoms with Crippen LogP contribution in [0.5, 0.6) is 0 Å². The lowest BCUT2D eigenvalue weighted by Gasteiger charge is -2.23. The molecule has 1 saturated heterocycles. The molecule has 2 atom stereocenters. The second kappa shape index (κ2) is 6.61. The number of aliphatic carboxylic acids is 1. The van der Waals surface area contributed by atoms with Gasteiger partial charge in [0, 0.05) is 19.1 Å². The van der Waals surface area contributed by atoms with Crippen molar-refractivity contribution in [2.45, 2.75) is 39.3 Å². The molecule has 1 aromatic carbocycles. The van der Waals surface area contributed by atoms with Gasteiger partial charge in [-0.2, -0.15) is 0 Å². The summed E-state index contributed by atoms with van der Waals surface area (Å²) in [5.74, 6) is -1.28. The number of rotatable bonds is 4. The van der Waals surface area contributed by atoms with Gasteiger partial charge in [0.15, 0.2) is 0 Å². The van der Waals surface area contributed by atoms with E-state index in [4.69, 9.17) is 5.11 Å². The van der Waals surface area contributed by atoms with Crippen LogP contribution >= 0.6 is 0 Å². The van der Waals surface area contributed by atoms with Crippen molar-refractivity contribution >= 4 is 12.0 Å². The first-order valence-electron chi connectivity index (χ1n) is 7.38. The highest BCUT2D eigenvalue weighted by Gasteiger charge is 2.37. The fourth-order valence-corrected chi connectivity index (χ4v) is 2.90. The number of likely N-dealkylation sites (tertiary alicyclic amines) is 1. The number of carbonyl (C=O) groups is 2. The third-order valence-electron chi connectivity index (χ3n) is 4.26. The summed E-state index contributed by atoms with van der Waals surface area (Å²) in [6, 6.07) is 7.57. The van der Waals surface area contributed by atoms with E-state index in [0.717, 1.165) is 12.0 Å². The summed E-state index contributed by atoms with van der Waals surface area (Å²) in [6.07, 6.45) is 1.45. The van der Waals surface area contributed by atoms with E-state index in [1.54, 1.807) is 11.8 Å². The Kier molecular flexibility index (Phi) is 4.83. The monoisotopic (exact) mass is 290 g/mol. The summed E-state index contributed by atoms with van der Waals surface area (Å²) in [4.78, 5) is 24.9. The van der Waals surface area contributed by atoms with E-state index in [9.17, 15) is 9.59 Å². The number of hydrogen-bond donors (Lipinski definition) is 2. The molecule has 0 bridgehead atoms. The molecule has 0 spiro atoms. The average Bonchev–Trinajstić information content (AvgIpc) is 2.87. The molecule has 2 N–H and O–H groups in total. The Morgan fingerprint density at radius 3 is 2.57 bits per heavy atom. The number of aryl methyl sites for hydroxylation is 1. The number of hydrogen-bond acceptors (Lipinski definition) is 2. The molecule has 1 aliphatic rings. The highest BCUT2D eigenvalue weighted by Crippen LogP contribution is 2.24. The zero-order valence-electron chi connectivity index (χ0n) is 12.5. The van der Waals surface area contributed by atoms with Crippen molar-refractivity contribution < 1.29 is 14.7 Å². The molecule has 2 amide bonds. The molecule has 1 fully saturated rings. The SMILES string of the molecule is CCc1ccccc1CNC(=O)N1CCC(C(=O)O)C1C. The molecule has 114 valence electrons. The quantitative estimate of drug-likeness (QED) is 0.893. The molecule has 2 rings (SSSR count). The molecule has 1 aliphatic heterocycles. The fraction of sp³-hybridized carbons (Fsp3) is 0.500. The number of benzene rings is 1. The molecule has 0 aromatic heterocycles. The Morgan fingerprint density at radius 2 is 2.00 bits per heavy atom. The van der Waals surface area contributed by atoms with E-state index in [-0.39, 0.29) is 12.1 Å². The van der Waals surface area contributed by atoms with Crippen molar-refractivity contribution in [3.05, 3.63) is 35.4 Å². The molecule has 5 nitrogen and oxygen atoms in total. The van der Waals surface area contributed by atoms with Gasteiger partial charge in [0.25, 0.3) is 0 Å². The standard InChI is InChI=1S/C16H22N2O3/c1-3-12-6-4-5-7-13(12)10-17-16(21)18-9-8-14(11(18)2)15(19)20/h4-7,11,14H,3,8-10H2,1-2H3,(H,17,21)(H,19,20). The summed E-state index contributed by atoms with van der Waals surface area (Å²) >= 11 is 0. The summed E-state index contributed by atoms with van der Waals surface area (Å²) in [7, 11) is 0. The Labute approximate surface area is 125 Å². The van der Waals surface area contributed by atoms with Crippen LogP contribution in [0.15, 0.2) is 24.3 Å². The van der Waals surface area contributed by atoms with Gasteiger partial charge in [-0.3, -0.25) is 4.79 Å². The summed E-state index contributed by atoms with van der Waals surface area (Å²) in [5.41, 5.74) is 2.32. The van der Waals surface area contributed by atoms with Crippen LogP contribution < -0.4 is 5.32 Å². The lowest BCUT2D eigenvalue weighted by molar-refractivity contribution is -0.142. The molecule has 5 heteroatoms. The van der Waals surface area contributed by atoms with Crippen molar-refractivity contribution in [2.24, 2.45) is 5.92 Å². The third kappa shape index (κ3) is 3.35. The number of nitrogens with one attached hydrogen (secondary N) is 1. The Bertz CT molecular complexity index is 530. The van der Waals surface area contributed by atoms with Crippen LogP contribution in [0.4, 0.5) is 4.79 Å². The number of carbonyl (C=O) groups excluding carboxylic acids is 1. The number of carboxylic acids is 1. The van der Waals surface area contributed by atoms with E-state index in [2.05, 4.69) is 18.3 Å². The van der Waals surface area contributed by atoms with Crippen LogP contribution in [0, 0.1) is 5.92 Å². The number of urea groups is 1. The molecule has 21 heavy (non-hydrogen) atoms. The lowest BCUT2D eigenvalue weighted by atomic mass is 10.0. The van der Waals surface area contributed by atoms with Crippen molar-refractivity contribution in [1.82, 2.24) is 10.2 Å².